The van der Waals surface area contributed by atoms with E-state index in [1.807, 2.05) is 31.2 Å². The first-order chi connectivity index (χ1) is 20.2. The van der Waals surface area contributed by atoms with E-state index >= 15 is 0 Å². The van der Waals surface area contributed by atoms with Crippen LogP contribution in [0.25, 0.3) is 16.8 Å². The van der Waals surface area contributed by atoms with E-state index in [2.05, 4.69) is 27.6 Å². The maximum absolute atomic E-state index is 13.2. The molecule has 2 heterocycles. The molecule has 3 rings (SSSR count). The van der Waals surface area contributed by atoms with Gasteiger partial charge in [-0.1, -0.05) is 39.5 Å². The highest BCUT2D eigenvalue weighted by Gasteiger charge is 2.34. The number of alkyl carbamates (subject to hydrolysis) is 1. The summed E-state index contributed by atoms with van der Waals surface area (Å²) >= 11 is 0. The lowest BCUT2D eigenvalue weighted by Crippen LogP contribution is -2.61. The second-order valence-electron chi connectivity index (χ2n) is 11.9. The Balaban J connectivity index is 1.58. The molecule has 0 spiro atoms. The number of hydrazine groups is 1. The van der Waals surface area contributed by atoms with Gasteiger partial charge >= 0.3 is 12.1 Å². The lowest BCUT2D eigenvalue weighted by Gasteiger charge is -2.35. The van der Waals surface area contributed by atoms with Gasteiger partial charge in [0.05, 0.1) is 5.69 Å². The maximum atomic E-state index is 13.2. The Morgan fingerprint density at radius 1 is 1.14 bits per heavy atom. The van der Waals surface area contributed by atoms with Crippen LogP contribution in [0.3, 0.4) is 0 Å². The Labute approximate surface area is 253 Å². The summed E-state index contributed by atoms with van der Waals surface area (Å²) in [6.45, 7) is 16.5. The Bertz CT molecular complexity index is 1340. The molecule has 1 aromatic carbocycles. The number of ether oxygens (including phenoxy) is 2. The van der Waals surface area contributed by atoms with Gasteiger partial charge in [-0.05, 0) is 82.0 Å². The van der Waals surface area contributed by atoms with Gasteiger partial charge in [0.25, 0.3) is 5.91 Å². The first-order valence-electron chi connectivity index (χ1n) is 14.8. The number of hydrogen-bond donors (Lipinski definition) is 3. The van der Waals surface area contributed by atoms with Crippen molar-refractivity contribution in [1.82, 2.24) is 26.1 Å². The third-order valence-electron chi connectivity index (χ3n) is 7.65. The number of carbonyl (C=O) groups is 4. The van der Waals surface area contributed by atoms with E-state index in [1.165, 1.54) is 5.01 Å². The molecule has 1 aliphatic heterocycles. The Hall–Kier alpha value is -3.99. The number of carbonyl (C=O) groups excluding carboxylic acids is 4. The lowest BCUT2D eigenvalue weighted by molar-refractivity contribution is -0.157. The largest absolute Gasteiger partial charge is 0.457 e. The molecule has 2 aromatic rings. The molecule has 1 fully saturated rings. The zero-order valence-corrected chi connectivity index (χ0v) is 26.2. The van der Waals surface area contributed by atoms with Gasteiger partial charge in [-0.15, -0.1) is 0 Å². The third kappa shape index (κ3) is 9.00. The fourth-order valence-corrected chi connectivity index (χ4v) is 4.59. The predicted molar refractivity (Wildman–Crippen MR) is 164 cm³/mol. The van der Waals surface area contributed by atoms with Gasteiger partial charge in [0.2, 0.25) is 5.91 Å². The zero-order valence-electron chi connectivity index (χ0n) is 26.2. The molecule has 43 heavy (non-hydrogen) atoms. The van der Waals surface area contributed by atoms with E-state index in [1.54, 1.807) is 53.8 Å². The third-order valence-corrected chi connectivity index (χ3v) is 7.65. The highest BCUT2D eigenvalue weighted by atomic mass is 16.6. The molecular formula is C32H45N5O6. The number of nitrogens with zero attached hydrogens (tertiary/aromatic N) is 2. The molecule has 11 nitrogen and oxygen atoms in total. The molecule has 1 aromatic heterocycles. The standard InChI is InChI=1S/C32H45N5O6/c1-9-25-17-24-16-22(13-14-23(24)18-33-25)21(6)42-30(40)26-12-11-15-37(36-26)29(39)20(5)34-28(38)27(19(3)4)35-31(41)43-32(7,8)10-2/h9,13-14,16-21,26-27,36H,1,10-12,15H2,2-8H3,(H,34,38)(H,35,41)/t20?,21-,26?,27?/m1/s1. The topological polar surface area (TPSA) is 139 Å². The molecule has 0 aliphatic carbocycles. The number of hydrogen-bond acceptors (Lipinski definition) is 8. The Morgan fingerprint density at radius 2 is 1.86 bits per heavy atom. The van der Waals surface area contributed by atoms with Gasteiger partial charge in [-0.2, -0.15) is 0 Å². The second kappa shape index (κ2) is 14.5. The van der Waals surface area contributed by atoms with Crippen molar-refractivity contribution in [3.63, 3.8) is 0 Å². The Kier molecular flexibility index (Phi) is 11.3. The molecule has 4 atom stereocenters. The van der Waals surface area contributed by atoms with Gasteiger partial charge in [-0.25, -0.2) is 10.2 Å². The van der Waals surface area contributed by atoms with E-state index in [-0.39, 0.29) is 5.92 Å². The number of esters is 1. The van der Waals surface area contributed by atoms with Crippen molar-refractivity contribution in [2.75, 3.05) is 6.54 Å². The van der Waals surface area contributed by atoms with Gasteiger partial charge in [0.15, 0.2) is 0 Å². The van der Waals surface area contributed by atoms with Crippen molar-refractivity contribution in [3.8, 4) is 0 Å². The van der Waals surface area contributed by atoms with Gasteiger partial charge in [-0.3, -0.25) is 24.4 Å². The smallest absolute Gasteiger partial charge is 0.408 e. The summed E-state index contributed by atoms with van der Waals surface area (Å²) in [6, 6.07) is 5.18. The van der Waals surface area contributed by atoms with E-state index in [0.29, 0.717) is 25.8 Å². The fourth-order valence-electron chi connectivity index (χ4n) is 4.59. The summed E-state index contributed by atoms with van der Waals surface area (Å²) in [5.74, 6) is -1.63. The molecule has 3 amide bonds. The molecular weight excluding hydrogens is 550 g/mol. The maximum Gasteiger partial charge on any atom is 0.408 e. The summed E-state index contributed by atoms with van der Waals surface area (Å²) < 4.78 is 11.2. The van der Waals surface area contributed by atoms with Crippen LogP contribution in [0.15, 0.2) is 37.0 Å². The van der Waals surface area contributed by atoms with Crippen molar-refractivity contribution in [3.05, 3.63) is 48.3 Å². The van der Waals surface area contributed by atoms with Crippen LogP contribution in [-0.2, 0) is 23.9 Å². The molecule has 1 saturated heterocycles. The number of fused-ring (bicyclic) bond motifs is 1. The minimum atomic E-state index is -0.910. The van der Waals surface area contributed by atoms with Crippen LogP contribution in [0.5, 0.6) is 0 Å². The normalized spacial score (nSPS) is 17.5. The van der Waals surface area contributed by atoms with E-state index < -0.39 is 53.7 Å². The number of aromatic nitrogens is 1. The number of amides is 3. The average Bonchev–Trinajstić information content (AvgIpc) is 2.98. The minimum absolute atomic E-state index is 0.253. The van der Waals surface area contributed by atoms with Crippen LogP contribution in [0, 0.1) is 5.92 Å². The van der Waals surface area contributed by atoms with Gasteiger partial charge < -0.3 is 20.1 Å². The van der Waals surface area contributed by atoms with Gasteiger partial charge in [0, 0.05) is 18.1 Å². The van der Waals surface area contributed by atoms with Crippen molar-refractivity contribution in [1.29, 1.82) is 0 Å². The summed E-state index contributed by atoms with van der Waals surface area (Å²) in [5.41, 5.74) is 3.88. The first kappa shape index (κ1) is 33.5. The monoisotopic (exact) mass is 595 g/mol. The van der Waals surface area contributed by atoms with Crippen LogP contribution in [0.2, 0.25) is 0 Å². The van der Waals surface area contributed by atoms with Crippen LogP contribution in [0.4, 0.5) is 4.79 Å². The Morgan fingerprint density at radius 3 is 2.51 bits per heavy atom. The number of rotatable bonds is 11. The average molecular weight is 596 g/mol. The highest BCUT2D eigenvalue weighted by Crippen LogP contribution is 2.24. The quantitative estimate of drug-likeness (QED) is 0.325. The molecule has 0 bridgehead atoms. The van der Waals surface area contributed by atoms with E-state index in [4.69, 9.17) is 9.47 Å². The predicted octanol–water partition coefficient (Wildman–Crippen LogP) is 4.42. The highest BCUT2D eigenvalue weighted by molar-refractivity contribution is 5.91. The number of nitrogens with one attached hydrogen (secondary N) is 3. The number of pyridine rings is 1. The SMILES string of the molecule is C=Cc1cc2cc([C@@H](C)OC(=O)C3CCCN(C(=O)C(C)NC(=O)C(NC(=O)OC(C)(C)CC)C(C)C)N3)ccc2cn1. The lowest BCUT2D eigenvalue weighted by atomic mass is 10.0. The fraction of sp³-hybridized carbons (Fsp3) is 0.531. The van der Waals surface area contributed by atoms with Crippen molar-refractivity contribution in [2.24, 2.45) is 5.92 Å². The number of benzene rings is 1. The van der Waals surface area contributed by atoms with Crippen LogP contribution in [-0.4, -0.2) is 64.1 Å². The molecule has 234 valence electrons. The summed E-state index contributed by atoms with van der Waals surface area (Å²) in [6.07, 6.45) is 3.92. The molecule has 11 heteroatoms. The summed E-state index contributed by atoms with van der Waals surface area (Å²) in [7, 11) is 0. The van der Waals surface area contributed by atoms with Crippen LogP contribution >= 0.6 is 0 Å². The van der Waals surface area contributed by atoms with Crippen molar-refractivity contribution in [2.45, 2.75) is 97.6 Å². The van der Waals surface area contributed by atoms with E-state index in [0.717, 1.165) is 22.0 Å². The van der Waals surface area contributed by atoms with Gasteiger partial charge in [0.1, 0.15) is 29.8 Å². The molecule has 3 N–H and O–H groups in total. The van der Waals surface area contributed by atoms with Crippen LogP contribution < -0.4 is 16.1 Å². The first-order valence-corrected chi connectivity index (χ1v) is 14.8. The molecule has 0 radical (unpaired) electrons. The molecule has 3 unspecified atom stereocenters. The molecule has 0 saturated carbocycles. The minimum Gasteiger partial charge on any atom is -0.457 e. The second-order valence-corrected chi connectivity index (χ2v) is 11.9. The zero-order chi connectivity index (χ0) is 31.9. The summed E-state index contributed by atoms with van der Waals surface area (Å²) in [4.78, 5) is 56.1. The van der Waals surface area contributed by atoms with E-state index in [9.17, 15) is 19.2 Å². The molecule has 1 aliphatic rings. The van der Waals surface area contributed by atoms with Crippen molar-refractivity contribution >= 4 is 40.7 Å². The van der Waals surface area contributed by atoms with Crippen LogP contribution in [0.1, 0.15) is 85.1 Å². The summed E-state index contributed by atoms with van der Waals surface area (Å²) in [5, 5.41) is 8.59. The van der Waals surface area contributed by atoms with Crippen molar-refractivity contribution < 1.29 is 28.7 Å².